The lowest BCUT2D eigenvalue weighted by molar-refractivity contribution is 0.319. The number of ether oxygens (including phenoxy) is 2. The molecule has 0 amide bonds. The van der Waals surface area contributed by atoms with Gasteiger partial charge in [-0.05, 0) is 53.5 Å². The number of benzene rings is 1. The van der Waals surface area contributed by atoms with Gasteiger partial charge in [-0.2, -0.15) is 0 Å². The Morgan fingerprint density at radius 1 is 1.22 bits per heavy atom. The van der Waals surface area contributed by atoms with Crippen molar-refractivity contribution < 1.29 is 9.47 Å². The summed E-state index contributed by atoms with van der Waals surface area (Å²) in [7, 11) is 0. The molecule has 0 aliphatic heterocycles. The van der Waals surface area contributed by atoms with E-state index in [4.69, 9.17) is 9.47 Å². The highest BCUT2D eigenvalue weighted by atomic mass is 79.9. The highest BCUT2D eigenvalue weighted by molar-refractivity contribution is 9.10. The summed E-state index contributed by atoms with van der Waals surface area (Å²) in [6.07, 6.45) is 1.77. The van der Waals surface area contributed by atoms with Crippen molar-refractivity contribution in [1.29, 1.82) is 0 Å². The zero-order valence-corrected chi connectivity index (χ0v) is 11.9. The highest BCUT2D eigenvalue weighted by Crippen LogP contribution is 2.33. The fraction of sp³-hybridized carbons (Fsp3) is 0.214. The van der Waals surface area contributed by atoms with Gasteiger partial charge in [0.1, 0.15) is 0 Å². The first-order chi connectivity index (χ1) is 8.70. The summed E-state index contributed by atoms with van der Waals surface area (Å²) in [5.74, 6) is 1.92. The standard InChI is InChI=1S/C14H14BrNO2/c1-3-17-12-6-4-5-7-13(12)18-14-11(15)8-10(2)9-16-14/h4-9H,3H2,1-2H3. The lowest BCUT2D eigenvalue weighted by atomic mass is 10.3. The first kappa shape index (κ1) is 12.9. The van der Waals surface area contributed by atoms with Crippen molar-refractivity contribution >= 4 is 15.9 Å². The third kappa shape index (κ3) is 3.01. The van der Waals surface area contributed by atoms with Crippen LogP contribution in [0.1, 0.15) is 12.5 Å². The fourth-order valence-electron chi connectivity index (χ4n) is 1.51. The summed E-state index contributed by atoms with van der Waals surface area (Å²) in [6.45, 7) is 4.52. The maximum absolute atomic E-state index is 5.76. The van der Waals surface area contributed by atoms with Gasteiger partial charge in [0.2, 0.25) is 5.88 Å². The van der Waals surface area contributed by atoms with Crippen LogP contribution < -0.4 is 9.47 Å². The van der Waals surface area contributed by atoms with Crippen LogP contribution in [0.3, 0.4) is 0 Å². The van der Waals surface area contributed by atoms with Crippen molar-refractivity contribution in [3.05, 3.63) is 46.6 Å². The second-order valence-corrected chi connectivity index (χ2v) is 4.64. The van der Waals surface area contributed by atoms with Gasteiger partial charge in [0.15, 0.2) is 11.5 Å². The molecule has 3 nitrogen and oxygen atoms in total. The molecule has 0 aliphatic carbocycles. The minimum absolute atomic E-state index is 0.535. The highest BCUT2D eigenvalue weighted by Gasteiger charge is 2.08. The van der Waals surface area contributed by atoms with Gasteiger partial charge in [-0.25, -0.2) is 4.98 Å². The molecule has 0 saturated heterocycles. The van der Waals surface area contributed by atoms with Crippen LogP contribution in [0.25, 0.3) is 0 Å². The molecule has 0 spiro atoms. The van der Waals surface area contributed by atoms with Crippen LogP contribution in [0, 0.1) is 6.92 Å². The predicted molar refractivity (Wildman–Crippen MR) is 74.4 cm³/mol. The van der Waals surface area contributed by atoms with Crippen molar-refractivity contribution in [3.8, 4) is 17.4 Å². The van der Waals surface area contributed by atoms with Crippen LogP contribution in [0.2, 0.25) is 0 Å². The normalized spacial score (nSPS) is 10.2. The molecule has 1 aromatic carbocycles. The molecule has 0 bridgehead atoms. The molecule has 1 aromatic heterocycles. The van der Waals surface area contributed by atoms with E-state index in [1.54, 1.807) is 6.20 Å². The lowest BCUT2D eigenvalue weighted by Crippen LogP contribution is -1.96. The van der Waals surface area contributed by atoms with Crippen LogP contribution in [0.4, 0.5) is 0 Å². The number of aryl methyl sites for hydroxylation is 1. The number of hydrogen-bond acceptors (Lipinski definition) is 3. The molecule has 1 heterocycles. The lowest BCUT2D eigenvalue weighted by Gasteiger charge is -2.11. The predicted octanol–water partition coefficient (Wildman–Crippen LogP) is 4.34. The number of pyridine rings is 1. The van der Waals surface area contributed by atoms with Crippen molar-refractivity contribution in [2.24, 2.45) is 0 Å². The average molecular weight is 308 g/mol. The number of para-hydroxylation sites is 2. The first-order valence-corrected chi connectivity index (χ1v) is 6.52. The monoisotopic (exact) mass is 307 g/mol. The average Bonchev–Trinajstić information content (AvgIpc) is 2.35. The maximum Gasteiger partial charge on any atom is 0.233 e. The summed E-state index contributed by atoms with van der Waals surface area (Å²) in [5, 5.41) is 0. The maximum atomic E-state index is 5.76. The molecule has 2 aromatic rings. The van der Waals surface area contributed by atoms with E-state index in [0.717, 1.165) is 10.0 Å². The van der Waals surface area contributed by atoms with E-state index in [1.807, 2.05) is 44.2 Å². The molecule has 0 saturated carbocycles. The largest absolute Gasteiger partial charge is 0.490 e. The zero-order valence-electron chi connectivity index (χ0n) is 10.3. The van der Waals surface area contributed by atoms with E-state index in [0.29, 0.717) is 24.0 Å². The fourth-order valence-corrected chi connectivity index (χ4v) is 2.05. The molecular formula is C14H14BrNO2. The minimum Gasteiger partial charge on any atom is -0.490 e. The van der Waals surface area contributed by atoms with Crippen LogP contribution in [0.15, 0.2) is 41.0 Å². The first-order valence-electron chi connectivity index (χ1n) is 5.72. The second-order valence-electron chi connectivity index (χ2n) is 3.78. The Kier molecular flexibility index (Phi) is 4.20. The van der Waals surface area contributed by atoms with Crippen molar-refractivity contribution in [3.63, 3.8) is 0 Å². The van der Waals surface area contributed by atoms with E-state index in [9.17, 15) is 0 Å². The Hall–Kier alpha value is -1.55. The van der Waals surface area contributed by atoms with Crippen LogP contribution in [-0.4, -0.2) is 11.6 Å². The Bertz CT molecular complexity index is 543. The van der Waals surface area contributed by atoms with Gasteiger partial charge in [-0.1, -0.05) is 12.1 Å². The zero-order chi connectivity index (χ0) is 13.0. The summed E-state index contributed by atoms with van der Waals surface area (Å²) in [6, 6.07) is 9.51. The molecule has 0 N–H and O–H groups in total. The van der Waals surface area contributed by atoms with Gasteiger partial charge in [-0.3, -0.25) is 0 Å². The minimum atomic E-state index is 0.535. The van der Waals surface area contributed by atoms with Crippen LogP contribution in [0.5, 0.6) is 17.4 Å². The van der Waals surface area contributed by atoms with E-state index in [1.165, 1.54) is 0 Å². The van der Waals surface area contributed by atoms with Gasteiger partial charge < -0.3 is 9.47 Å². The second kappa shape index (κ2) is 5.87. The summed E-state index contributed by atoms with van der Waals surface area (Å²) in [5.41, 5.74) is 1.08. The quantitative estimate of drug-likeness (QED) is 0.842. The smallest absolute Gasteiger partial charge is 0.233 e. The van der Waals surface area contributed by atoms with E-state index >= 15 is 0 Å². The van der Waals surface area contributed by atoms with Gasteiger partial charge >= 0.3 is 0 Å². The molecule has 0 aliphatic rings. The summed E-state index contributed by atoms with van der Waals surface area (Å²) >= 11 is 3.44. The molecule has 94 valence electrons. The van der Waals surface area contributed by atoms with Gasteiger partial charge in [0, 0.05) is 6.20 Å². The molecule has 18 heavy (non-hydrogen) atoms. The Balaban J connectivity index is 2.28. The molecule has 2 rings (SSSR count). The van der Waals surface area contributed by atoms with Gasteiger partial charge in [-0.15, -0.1) is 0 Å². The number of hydrogen-bond donors (Lipinski definition) is 0. The molecular weight excluding hydrogens is 294 g/mol. The molecule has 0 unspecified atom stereocenters. The van der Waals surface area contributed by atoms with Crippen LogP contribution >= 0.6 is 15.9 Å². The van der Waals surface area contributed by atoms with E-state index in [-0.39, 0.29) is 0 Å². The molecule has 0 fully saturated rings. The van der Waals surface area contributed by atoms with Crippen molar-refractivity contribution in [2.75, 3.05) is 6.61 Å². The Morgan fingerprint density at radius 3 is 2.61 bits per heavy atom. The summed E-state index contributed by atoms with van der Waals surface area (Å²) in [4.78, 5) is 4.25. The SMILES string of the molecule is CCOc1ccccc1Oc1ncc(C)cc1Br. The number of nitrogens with zero attached hydrogens (tertiary/aromatic N) is 1. The molecule has 4 heteroatoms. The third-order valence-electron chi connectivity index (χ3n) is 2.30. The van der Waals surface area contributed by atoms with Gasteiger partial charge in [0.05, 0.1) is 11.1 Å². The van der Waals surface area contributed by atoms with Gasteiger partial charge in [0.25, 0.3) is 0 Å². The van der Waals surface area contributed by atoms with Crippen LogP contribution in [-0.2, 0) is 0 Å². The number of aromatic nitrogens is 1. The third-order valence-corrected chi connectivity index (χ3v) is 2.87. The van der Waals surface area contributed by atoms with E-state index in [2.05, 4.69) is 20.9 Å². The topological polar surface area (TPSA) is 31.4 Å². The Labute approximate surface area is 115 Å². The molecule has 0 radical (unpaired) electrons. The van der Waals surface area contributed by atoms with Crippen molar-refractivity contribution in [1.82, 2.24) is 4.98 Å². The Morgan fingerprint density at radius 2 is 1.94 bits per heavy atom. The number of rotatable bonds is 4. The summed E-state index contributed by atoms with van der Waals surface area (Å²) < 4.78 is 12.1. The number of halogens is 1. The van der Waals surface area contributed by atoms with Crippen molar-refractivity contribution in [2.45, 2.75) is 13.8 Å². The van der Waals surface area contributed by atoms with E-state index < -0.39 is 0 Å². The molecule has 0 atom stereocenters.